The number of anilines is 1. The van der Waals surface area contributed by atoms with Gasteiger partial charge in [0, 0.05) is 42.8 Å². The third-order valence-corrected chi connectivity index (χ3v) is 7.88. The lowest BCUT2D eigenvalue weighted by atomic mass is 9.93. The van der Waals surface area contributed by atoms with Gasteiger partial charge >= 0.3 is 0 Å². The van der Waals surface area contributed by atoms with Crippen molar-refractivity contribution in [1.82, 2.24) is 24.4 Å². The molecule has 0 spiro atoms. The number of hydrogen-bond donors (Lipinski definition) is 1. The molecule has 5 aromatic rings. The number of carbonyl (C=O) groups excluding carboxylic acids is 1. The molecule has 0 aliphatic rings. The van der Waals surface area contributed by atoms with Gasteiger partial charge in [0.1, 0.15) is 22.2 Å². The van der Waals surface area contributed by atoms with Crippen molar-refractivity contribution < 1.29 is 9.32 Å². The van der Waals surface area contributed by atoms with Crippen molar-refractivity contribution >= 4 is 38.2 Å². The molecule has 9 heteroatoms. The van der Waals surface area contributed by atoms with E-state index in [4.69, 9.17) is 14.5 Å². The SMILES string of the molecule is CCN(CC)CCNc1ccc2c(n1)sc1nc(-c3ccc(CC(=O)Cc4cc(C(C)(C)C)on4)cc3)cn12. The molecule has 5 rings (SSSR count). The molecule has 0 amide bonds. The number of nitrogens with one attached hydrogen (secondary N) is 1. The number of imidazole rings is 1. The van der Waals surface area contributed by atoms with E-state index in [0.29, 0.717) is 12.1 Å². The zero-order chi connectivity index (χ0) is 27.6. The molecule has 1 N–H and O–H groups in total. The van der Waals surface area contributed by atoms with E-state index in [1.165, 1.54) is 0 Å². The van der Waals surface area contributed by atoms with Crippen LogP contribution in [0.5, 0.6) is 0 Å². The summed E-state index contributed by atoms with van der Waals surface area (Å²) in [4.78, 5) is 26.6. The first kappa shape index (κ1) is 27.0. The number of hydrogen-bond acceptors (Lipinski definition) is 8. The lowest BCUT2D eigenvalue weighted by molar-refractivity contribution is -0.117. The number of fused-ring (bicyclic) bond motifs is 3. The van der Waals surface area contributed by atoms with Crippen molar-refractivity contribution in [1.29, 1.82) is 0 Å². The van der Waals surface area contributed by atoms with E-state index in [-0.39, 0.29) is 17.6 Å². The second-order valence-electron chi connectivity index (χ2n) is 10.9. The highest BCUT2D eigenvalue weighted by atomic mass is 32.1. The van der Waals surface area contributed by atoms with Crippen LogP contribution in [0.3, 0.4) is 0 Å². The van der Waals surface area contributed by atoms with Crippen LogP contribution in [-0.2, 0) is 23.1 Å². The summed E-state index contributed by atoms with van der Waals surface area (Å²) in [6, 6.07) is 14.1. The van der Waals surface area contributed by atoms with Crippen molar-refractivity contribution in [2.75, 3.05) is 31.5 Å². The summed E-state index contributed by atoms with van der Waals surface area (Å²) < 4.78 is 7.51. The quantitative estimate of drug-likeness (QED) is 0.218. The Morgan fingerprint density at radius 1 is 1.05 bits per heavy atom. The van der Waals surface area contributed by atoms with Crippen LogP contribution in [0, 0.1) is 0 Å². The topological polar surface area (TPSA) is 88.6 Å². The minimum Gasteiger partial charge on any atom is -0.369 e. The van der Waals surface area contributed by atoms with Gasteiger partial charge in [-0.15, -0.1) is 0 Å². The largest absolute Gasteiger partial charge is 0.369 e. The maximum atomic E-state index is 12.6. The van der Waals surface area contributed by atoms with E-state index in [1.807, 2.05) is 36.4 Å². The van der Waals surface area contributed by atoms with Crippen LogP contribution in [0.2, 0.25) is 0 Å². The highest BCUT2D eigenvalue weighted by Gasteiger charge is 2.20. The molecule has 0 aliphatic carbocycles. The van der Waals surface area contributed by atoms with Crippen LogP contribution in [0.4, 0.5) is 5.82 Å². The molecular weight excluding hydrogens is 508 g/mol. The third kappa shape index (κ3) is 6.20. The average molecular weight is 545 g/mol. The van der Waals surface area contributed by atoms with E-state index in [9.17, 15) is 4.79 Å². The van der Waals surface area contributed by atoms with Crippen LogP contribution in [0.25, 0.3) is 26.6 Å². The maximum Gasteiger partial charge on any atom is 0.196 e. The Hall–Kier alpha value is -3.56. The number of nitrogens with zero attached hydrogens (tertiary/aromatic N) is 5. The first-order valence-electron chi connectivity index (χ1n) is 13.6. The molecule has 0 aliphatic heterocycles. The molecule has 0 atom stereocenters. The van der Waals surface area contributed by atoms with Gasteiger partial charge in [0.25, 0.3) is 0 Å². The summed E-state index contributed by atoms with van der Waals surface area (Å²) in [6.07, 6.45) is 2.69. The summed E-state index contributed by atoms with van der Waals surface area (Å²) >= 11 is 1.59. The lowest BCUT2D eigenvalue weighted by Gasteiger charge is -2.18. The second kappa shape index (κ2) is 11.3. The Labute approximate surface area is 233 Å². The first-order chi connectivity index (χ1) is 18.7. The summed E-state index contributed by atoms with van der Waals surface area (Å²) in [7, 11) is 0. The number of pyridine rings is 1. The van der Waals surface area contributed by atoms with E-state index >= 15 is 0 Å². The molecule has 39 heavy (non-hydrogen) atoms. The first-order valence-corrected chi connectivity index (χ1v) is 14.4. The molecular formula is C30H36N6O2S. The highest BCUT2D eigenvalue weighted by molar-refractivity contribution is 7.23. The van der Waals surface area contributed by atoms with E-state index in [0.717, 1.165) is 69.9 Å². The van der Waals surface area contributed by atoms with Crippen LogP contribution >= 0.6 is 11.3 Å². The van der Waals surface area contributed by atoms with Gasteiger partial charge in [-0.05, 0) is 30.8 Å². The summed E-state index contributed by atoms with van der Waals surface area (Å²) in [5.74, 6) is 1.80. The van der Waals surface area contributed by atoms with Crippen LogP contribution in [0.1, 0.15) is 51.6 Å². The molecule has 204 valence electrons. The van der Waals surface area contributed by atoms with E-state index < -0.39 is 0 Å². The number of ketones is 1. The number of likely N-dealkylation sites (N-methyl/N-ethyl adjacent to an activating group) is 1. The molecule has 8 nitrogen and oxygen atoms in total. The Kier molecular flexibility index (Phi) is 7.81. The maximum absolute atomic E-state index is 12.6. The summed E-state index contributed by atoms with van der Waals surface area (Å²) in [6.45, 7) is 14.5. The Morgan fingerprint density at radius 3 is 2.51 bits per heavy atom. The van der Waals surface area contributed by atoms with Gasteiger partial charge in [-0.2, -0.15) is 0 Å². The molecule has 0 saturated carbocycles. The van der Waals surface area contributed by atoms with Crippen molar-refractivity contribution in [3.05, 3.63) is 65.7 Å². The highest BCUT2D eigenvalue weighted by Crippen LogP contribution is 2.29. The van der Waals surface area contributed by atoms with Crippen LogP contribution in [-0.4, -0.2) is 56.4 Å². The fraction of sp³-hybridized carbons (Fsp3) is 0.400. The zero-order valence-corrected chi connectivity index (χ0v) is 24.1. The van der Waals surface area contributed by atoms with Gasteiger partial charge in [0.2, 0.25) is 0 Å². The Balaban J connectivity index is 1.23. The smallest absolute Gasteiger partial charge is 0.196 e. The molecule has 4 heterocycles. The molecule has 4 aromatic heterocycles. The molecule has 0 unspecified atom stereocenters. The average Bonchev–Trinajstić information content (AvgIpc) is 3.62. The van der Waals surface area contributed by atoms with Crippen molar-refractivity contribution in [2.24, 2.45) is 0 Å². The van der Waals surface area contributed by atoms with Gasteiger partial charge in [-0.1, -0.05) is 75.4 Å². The predicted octanol–water partition coefficient (Wildman–Crippen LogP) is 6.00. The molecule has 0 radical (unpaired) electrons. The van der Waals surface area contributed by atoms with Gasteiger partial charge in [0.15, 0.2) is 4.96 Å². The Morgan fingerprint density at radius 2 is 1.82 bits per heavy atom. The molecule has 0 bridgehead atoms. The van der Waals surface area contributed by atoms with Crippen molar-refractivity contribution in [2.45, 2.75) is 52.9 Å². The predicted molar refractivity (Wildman–Crippen MR) is 158 cm³/mol. The monoisotopic (exact) mass is 544 g/mol. The van der Waals surface area contributed by atoms with Gasteiger partial charge in [-0.25, -0.2) is 9.97 Å². The van der Waals surface area contributed by atoms with Crippen LogP contribution < -0.4 is 5.32 Å². The number of aromatic nitrogens is 4. The molecule has 1 aromatic carbocycles. The second-order valence-corrected chi connectivity index (χ2v) is 11.8. The van der Waals surface area contributed by atoms with Gasteiger partial charge in [-0.3, -0.25) is 9.20 Å². The number of thiazole rings is 1. The number of benzene rings is 1. The van der Waals surface area contributed by atoms with Gasteiger partial charge in [0.05, 0.1) is 23.3 Å². The fourth-order valence-electron chi connectivity index (χ4n) is 4.54. The number of Topliss-reactive ketones (excluding diaryl/α,β-unsaturated/α-hetero) is 1. The minimum absolute atomic E-state index is 0.111. The number of carbonyl (C=O) groups is 1. The lowest BCUT2D eigenvalue weighted by Crippen LogP contribution is -2.28. The fourth-order valence-corrected chi connectivity index (χ4v) is 5.52. The third-order valence-electron chi connectivity index (χ3n) is 6.92. The normalized spacial score (nSPS) is 12.2. The van der Waals surface area contributed by atoms with E-state index in [2.05, 4.69) is 66.7 Å². The van der Waals surface area contributed by atoms with Crippen molar-refractivity contribution in [3.63, 3.8) is 0 Å². The van der Waals surface area contributed by atoms with Crippen molar-refractivity contribution in [3.8, 4) is 11.3 Å². The standard InChI is InChI=1S/C30H36N6O2S/c1-6-35(7-2)15-14-31-27-13-12-25-28(33-27)39-29-32-24(19-36(25)29)21-10-8-20(9-11-21)16-23(37)17-22-18-26(38-34-22)30(3,4)5/h8-13,18-19H,6-7,14-17H2,1-5H3,(H,31,33). The zero-order valence-electron chi connectivity index (χ0n) is 23.3. The number of rotatable bonds is 11. The summed E-state index contributed by atoms with van der Waals surface area (Å²) in [5.41, 5.74) is 4.50. The van der Waals surface area contributed by atoms with Gasteiger partial charge < -0.3 is 14.7 Å². The van der Waals surface area contributed by atoms with Crippen LogP contribution in [0.15, 0.2) is 53.2 Å². The molecule has 0 fully saturated rings. The minimum atomic E-state index is -0.125. The Bertz CT molecular complexity index is 1570. The van der Waals surface area contributed by atoms with E-state index in [1.54, 1.807) is 11.3 Å². The molecule has 0 saturated heterocycles. The summed E-state index contributed by atoms with van der Waals surface area (Å²) in [5, 5.41) is 7.51.